The van der Waals surface area contributed by atoms with Crippen LogP contribution in [0.2, 0.25) is 0 Å². The van der Waals surface area contributed by atoms with Crippen LogP contribution in [0.15, 0.2) is 6.33 Å². The lowest BCUT2D eigenvalue weighted by Gasteiger charge is -2.41. The van der Waals surface area contributed by atoms with Gasteiger partial charge in [0.25, 0.3) is 0 Å². The van der Waals surface area contributed by atoms with Crippen LogP contribution < -0.4 is 11.3 Å². The highest BCUT2D eigenvalue weighted by atomic mass is 16.5. The van der Waals surface area contributed by atoms with Crippen molar-refractivity contribution in [2.75, 3.05) is 20.3 Å². The number of ether oxygens (including phenoxy) is 2. The summed E-state index contributed by atoms with van der Waals surface area (Å²) in [5.74, 6) is 6.72. The number of aromatic nitrogens is 3. The molecule has 3 N–H and O–H groups in total. The van der Waals surface area contributed by atoms with Crippen molar-refractivity contribution in [2.45, 2.75) is 50.8 Å². The molecule has 0 spiro atoms. The molecule has 20 heavy (non-hydrogen) atoms. The zero-order valence-electron chi connectivity index (χ0n) is 12.3. The molecular weight excluding hydrogens is 258 g/mol. The maximum Gasteiger partial charge on any atom is 0.138 e. The second-order valence-electron chi connectivity index (χ2n) is 5.20. The molecule has 2 rings (SSSR count). The molecule has 0 amide bonds. The summed E-state index contributed by atoms with van der Waals surface area (Å²) in [5, 5.41) is 4.26. The number of nitrogens with zero attached hydrogens (tertiary/aromatic N) is 3. The minimum absolute atomic E-state index is 0.00351. The van der Waals surface area contributed by atoms with Crippen LogP contribution in [0.5, 0.6) is 0 Å². The second kappa shape index (κ2) is 7.12. The predicted molar refractivity (Wildman–Crippen MR) is 74.9 cm³/mol. The van der Waals surface area contributed by atoms with Crippen molar-refractivity contribution in [1.29, 1.82) is 0 Å². The third-order valence-corrected chi connectivity index (χ3v) is 4.10. The topological polar surface area (TPSA) is 87.2 Å². The largest absolute Gasteiger partial charge is 0.381 e. The molecular formula is C13H25N5O2. The molecule has 0 aliphatic carbocycles. The van der Waals surface area contributed by atoms with Crippen molar-refractivity contribution in [3.05, 3.63) is 12.2 Å². The van der Waals surface area contributed by atoms with Crippen LogP contribution in [0.25, 0.3) is 0 Å². The van der Waals surface area contributed by atoms with Crippen LogP contribution >= 0.6 is 0 Å². The van der Waals surface area contributed by atoms with Crippen molar-refractivity contribution in [3.63, 3.8) is 0 Å². The van der Waals surface area contributed by atoms with Gasteiger partial charge in [-0.1, -0.05) is 6.92 Å². The van der Waals surface area contributed by atoms with Crippen LogP contribution in [0, 0.1) is 0 Å². The van der Waals surface area contributed by atoms with Crippen molar-refractivity contribution in [3.8, 4) is 0 Å². The van der Waals surface area contributed by atoms with E-state index < -0.39 is 0 Å². The van der Waals surface area contributed by atoms with Crippen molar-refractivity contribution >= 4 is 0 Å². The van der Waals surface area contributed by atoms with Crippen molar-refractivity contribution in [1.82, 2.24) is 20.2 Å². The van der Waals surface area contributed by atoms with E-state index in [0.29, 0.717) is 19.6 Å². The lowest BCUT2D eigenvalue weighted by atomic mass is 9.84. The quantitative estimate of drug-likeness (QED) is 0.551. The third kappa shape index (κ3) is 3.17. The molecule has 0 bridgehead atoms. The van der Waals surface area contributed by atoms with Gasteiger partial charge in [0.15, 0.2) is 0 Å². The van der Waals surface area contributed by atoms with E-state index in [1.807, 2.05) is 4.68 Å². The zero-order chi connectivity index (χ0) is 14.4. The lowest BCUT2D eigenvalue weighted by molar-refractivity contribution is -0.110. The molecule has 7 heteroatoms. The van der Waals surface area contributed by atoms with E-state index >= 15 is 0 Å². The first-order chi connectivity index (χ1) is 9.75. The van der Waals surface area contributed by atoms with Gasteiger partial charge in [-0.15, -0.1) is 0 Å². The van der Waals surface area contributed by atoms with Gasteiger partial charge in [0.1, 0.15) is 12.2 Å². The van der Waals surface area contributed by atoms with E-state index in [0.717, 1.165) is 31.6 Å². The molecule has 0 saturated carbocycles. The molecule has 114 valence electrons. The van der Waals surface area contributed by atoms with Crippen molar-refractivity contribution in [2.24, 2.45) is 5.84 Å². The van der Waals surface area contributed by atoms with Crippen LogP contribution in [0.3, 0.4) is 0 Å². The van der Waals surface area contributed by atoms with E-state index in [4.69, 9.17) is 15.3 Å². The number of hydrazine groups is 1. The SMILES string of the molecule is CCCn1ncnc1CC(NN)C1(OC)CCOCC1. The molecule has 1 aliphatic rings. The van der Waals surface area contributed by atoms with Gasteiger partial charge in [-0.25, -0.2) is 4.98 Å². The normalized spacial score (nSPS) is 19.9. The van der Waals surface area contributed by atoms with Crippen LogP contribution in [0.1, 0.15) is 32.0 Å². The Morgan fingerprint density at radius 3 is 2.90 bits per heavy atom. The number of aryl methyl sites for hydroxylation is 1. The maximum absolute atomic E-state index is 5.80. The minimum atomic E-state index is -0.296. The summed E-state index contributed by atoms with van der Waals surface area (Å²) in [5.41, 5.74) is 2.61. The maximum atomic E-state index is 5.80. The summed E-state index contributed by atoms with van der Waals surface area (Å²) < 4.78 is 13.2. The van der Waals surface area contributed by atoms with Gasteiger partial charge in [-0.2, -0.15) is 5.10 Å². The summed E-state index contributed by atoms with van der Waals surface area (Å²) in [6, 6.07) is -0.00351. The Bertz CT molecular complexity index is 403. The number of methoxy groups -OCH3 is 1. The fourth-order valence-corrected chi connectivity index (χ4v) is 2.84. The standard InChI is InChI=1S/C13H25N5O2/c1-3-6-18-12(15-10-16-18)9-11(17-14)13(19-2)4-7-20-8-5-13/h10-11,17H,3-9,14H2,1-2H3. The van der Waals surface area contributed by atoms with Gasteiger partial charge in [-0.05, 0) is 6.42 Å². The summed E-state index contributed by atoms with van der Waals surface area (Å²) in [6.45, 7) is 4.40. The summed E-state index contributed by atoms with van der Waals surface area (Å²) >= 11 is 0. The average Bonchev–Trinajstić information content (AvgIpc) is 2.93. The molecule has 7 nitrogen and oxygen atoms in total. The first-order valence-corrected chi connectivity index (χ1v) is 7.21. The molecule has 1 atom stereocenters. The van der Waals surface area contributed by atoms with Gasteiger partial charge < -0.3 is 9.47 Å². The Kier molecular flexibility index (Phi) is 5.47. The van der Waals surface area contributed by atoms with Crippen molar-refractivity contribution < 1.29 is 9.47 Å². The number of hydrogen-bond acceptors (Lipinski definition) is 6. The monoisotopic (exact) mass is 283 g/mol. The number of hydrogen-bond donors (Lipinski definition) is 2. The first-order valence-electron chi connectivity index (χ1n) is 7.21. The van der Waals surface area contributed by atoms with E-state index in [-0.39, 0.29) is 11.6 Å². The highest BCUT2D eigenvalue weighted by molar-refractivity contribution is 5.00. The molecule has 1 aromatic heterocycles. The van der Waals surface area contributed by atoms with Gasteiger partial charge in [0.05, 0.1) is 11.6 Å². The fourth-order valence-electron chi connectivity index (χ4n) is 2.84. The summed E-state index contributed by atoms with van der Waals surface area (Å²) in [6.07, 6.45) is 4.99. The number of rotatable bonds is 7. The molecule has 2 heterocycles. The minimum Gasteiger partial charge on any atom is -0.381 e. The number of nitrogens with one attached hydrogen (secondary N) is 1. The Morgan fingerprint density at radius 1 is 1.55 bits per heavy atom. The van der Waals surface area contributed by atoms with Gasteiger partial charge in [0, 0.05) is 46.1 Å². The fraction of sp³-hybridized carbons (Fsp3) is 0.846. The van der Waals surface area contributed by atoms with Crippen LogP contribution in [-0.2, 0) is 22.4 Å². The molecule has 0 aromatic carbocycles. The number of nitrogens with two attached hydrogens (primary N) is 1. The second-order valence-corrected chi connectivity index (χ2v) is 5.20. The Morgan fingerprint density at radius 2 is 2.30 bits per heavy atom. The van der Waals surface area contributed by atoms with Crippen LogP contribution in [-0.4, -0.2) is 46.7 Å². The van der Waals surface area contributed by atoms with E-state index in [9.17, 15) is 0 Å². The van der Waals surface area contributed by atoms with E-state index in [1.165, 1.54) is 0 Å². The molecule has 1 saturated heterocycles. The highest BCUT2D eigenvalue weighted by Crippen LogP contribution is 2.29. The first kappa shape index (κ1) is 15.4. The summed E-state index contributed by atoms with van der Waals surface area (Å²) in [7, 11) is 1.74. The van der Waals surface area contributed by atoms with Gasteiger partial charge in [-0.3, -0.25) is 16.0 Å². The smallest absolute Gasteiger partial charge is 0.138 e. The van der Waals surface area contributed by atoms with Crippen LogP contribution in [0.4, 0.5) is 0 Å². The third-order valence-electron chi connectivity index (χ3n) is 4.10. The molecule has 1 unspecified atom stereocenters. The molecule has 0 radical (unpaired) electrons. The average molecular weight is 283 g/mol. The lowest BCUT2D eigenvalue weighted by Crippen LogP contribution is -2.58. The predicted octanol–water partition coefficient (Wildman–Crippen LogP) is 0.258. The Hall–Kier alpha value is -1.02. The Labute approximate surface area is 119 Å². The van der Waals surface area contributed by atoms with Gasteiger partial charge >= 0.3 is 0 Å². The summed E-state index contributed by atoms with van der Waals surface area (Å²) in [4.78, 5) is 4.35. The van der Waals surface area contributed by atoms with E-state index in [1.54, 1.807) is 13.4 Å². The Balaban J connectivity index is 2.12. The highest BCUT2D eigenvalue weighted by Gasteiger charge is 2.40. The van der Waals surface area contributed by atoms with Gasteiger partial charge in [0.2, 0.25) is 0 Å². The zero-order valence-corrected chi connectivity index (χ0v) is 12.3. The molecule has 1 aromatic rings. The van der Waals surface area contributed by atoms with E-state index in [2.05, 4.69) is 22.4 Å². The molecule has 1 fully saturated rings. The molecule has 1 aliphatic heterocycles.